The first-order valence-electron chi connectivity index (χ1n) is 8.19. The van der Waals surface area contributed by atoms with E-state index in [4.69, 9.17) is 23.7 Å². The van der Waals surface area contributed by atoms with Crippen molar-refractivity contribution < 1.29 is 38.4 Å². The largest absolute Gasteiger partial charge is 0.502 e. The summed E-state index contributed by atoms with van der Waals surface area (Å²) < 4.78 is 26.2. The summed E-state index contributed by atoms with van der Waals surface area (Å²) in [6.07, 6.45) is 1.66. The number of allylic oxidation sites excluding steroid dienone is 2. The van der Waals surface area contributed by atoms with Gasteiger partial charge in [0.2, 0.25) is 34.6 Å². The van der Waals surface area contributed by atoms with Crippen LogP contribution in [0.2, 0.25) is 0 Å². The molecule has 1 N–H and O–H groups in total. The monoisotopic (exact) mass is 376 g/mol. The molecule has 0 saturated carbocycles. The zero-order valence-corrected chi connectivity index (χ0v) is 15.5. The summed E-state index contributed by atoms with van der Waals surface area (Å²) in [6.45, 7) is 0.138. The zero-order chi connectivity index (χ0) is 19.7. The van der Waals surface area contributed by atoms with Gasteiger partial charge in [-0.15, -0.1) is 0 Å². The Kier molecular flexibility index (Phi) is 4.98. The molecule has 0 aromatic heterocycles. The number of ketones is 2. The summed E-state index contributed by atoms with van der Waals surface area (Å²) in [6, 6.07) is 1.63. The predicted molar refractivity (Wildman–Crippen MR) is 93.0 cm³/mol. The molecule has 1 atom stereocenters. The van der Waals surface area contributed by atoms with E-state index in [1.807, 2.05) is 0 Å². The van der Waals surface area contributed by atoms with E-state index < -0.39 is 11.6 Å². The molecule has 1 heterocycles. The fourth-order valence-electron chi connectivity index (χ4n) is 3.32. The lowest BCUT2D eigenvalue weighted by Crippen LogP contribution is -2.31. The minimum atomic E-state index is -0.435. The number of hydrogen-bond donors (Lipinski definition) is 1. The van der Waals surface area contributed by atoms with Crippen LogP contribution in [0.5, 0.6) is 23.0 Å². The number of carbonyl (C=O) groups excluding carboxylic acids is 2. The summed E-state index contributed by atoms with van der Waals surface area (Å²) in [5.41, 5.74) is 0.980. The van der Waals surface area contributed by atoms with Crippen molar-refractivity contribution in [2.24, 2.45) is 5.92 Å². The zero-order valence-electron chi connectivity index (χ0n) is 15.5. The molecule has 27 heavy (non-hydrogen) atoms. The van der Waals surface area contributed by atoms with Gasteiger partial charge in [0.05, 0.1) is 35.0 Å². The van der Waals surface area contributed by atoms with Crippen molar-refractivity contribution >= 4 is 11.6 Å². The molecule has 1 aromatic carbocycles. The van der Waals surface area contributed by atoms with Crippen molar-refractivity contribution in [3.63, 3.8) is 0 Å². The lowest BCUT2D eigenvalue weighted by molar-refractivity contribution is -0.121. The van der Waals surface area contributed by atoms with Crippen LogP contribution in [-0.2, 0) is 25.5 Å². The third kappa shape index (κ3) is 2.97. The second-order valence-electron chi connectivity index (χ2n) is 6.02. The Bertz CT molecular complexity index is 865. The number of Topliss-reactive ketones (excluding diaryl/α,β-unsaturated/α-hetero) is 1. The van der Waals surface area contributed by atoms with Crippen molar-refractivity contribution in [2.75, 3.05) is 35.0 Å². The molecule has 3 rings (SSSR count). The van der Waals surface area contributed by atoms with Crippen LogP contribution in [0.4, 0.5) is 0 Å². The lowest BCUT2D eigenvalue weighted by atomic mass is 9.84. The van der Waals surface area contributed by atoms with E-state index >= 15 is 0 Å². The number of aromatic hydroxyl groups is 1. The average Bonchev–Trinajstić information content (AvgIpc) is 2.68. The van der Waals surface area contributed by atoms with Gasteiger partial charge in [-0.1, -0.05) is 0 Å². The summed E-state index contributed by atoms with van der Waals surface area (Å²) in [4.78, 5) is 25.0. The van der Waals surface area contributed by atoms with E-state index in [0.717, 1.165) is 0 Å². The van der Waals surface area contributed by atoms with Crippen molar-refractivity contribution in [1.82, 2.24) is 0 Å². The molecule has 1 aromatic rings. The molecule has 8 heteroatoms. The summed E-state index contributed by atoms with van der Waals surface area (Å²) in [5.74, 6) is -0.827. The Balaban J connectivity index is 1.97. The Morgan fingerprint density at radius 1 is 1.04 bits per heavy atom. The third-order valence-electron chi connectivity index (χ3n) is 4.60. The van der Waals surface area contributed by atoms with E-state index in [-0.39, 0.29) is 46.9 Å². The molecule has 2 aliphatic rings. The molecule has 0 saturated heterocycles. The SMILES string of the molecule is COC1=C(OC)C(=O)C([C@H]2COc3c(cc(OC)c(O)c3OC)C2)=CC1=O. The van der Waals surface area contributed by atoms with Crippen LogP contribution in [0, 0.1) is 5.92 Å². The maximum absolute atomic E-state index is 12.8. The number of benzene rings is 1. The fourth-order valence-corrected chi connectivity index (χ4v) is 3.32. The van der Waals surface area contributed by atoms with Crippen LogP contribution in [-0.4, -0.2) is 51.7 Å². The van der Waals surface area contributed by atoms with Gasteiger partial charge >= 0.3 is 0 Å². The highest BCUT2D eigenvalue weighted by Crippen LogP contribution is 2.48. The van der Waals surface area contributed by atoms with Gasteiger partial charge in [0.1, 0.15) is 0 Å². The molecule has 0 bridgehead atoms. The standard InChI is InChI=1S/C19H20O8/c1-23-13-6-9-5-10(8-27-16(9)19(26-4)15(13)22)11-7-12(20)17(24-2)18(25-3)14(11)21/h6-7,10,22H,5,8H2,1-4H3/t10-/m1/s1. The van der Waals surface area contributed by atoms with E-state index in [0.29, 0.717) is 17.7 Å². The topological polar surface area (TPSA) is 101 Å². The molecular weight excluding hydrogens is 356 g/mol. The predicted octanol–water partition coefficient (Wildman–Crippen LogP) is 1.54. The molecule has 1 aliphatic heterocycles. The molecule has 0 fully saturated rings. The van der Waals surface area contributed by atoms with Crippen LogP contribution in [0.3, 0.4) is 0 Å². The maximum Gasteiger partial charge on any atom is 0.228 e. The van der Waals surface area contributed by atoms with Crippen molar-refractivity contribution in [3.8, 4) is 23.0 Å². The average molecular weight is 376 g/mol. The van der Waals surface area contributed by atoms with Crippen molar-refractivity contribution in [2.45, 2.75) is 6.42 Å². The van der Waals surface area contributed by atoms with E-state index in [9.17, 15) is 14.7 Å². The number of ether oxygens (including phenoxy) is 5. The minimum Gasteiger partial charge on any atom is -0.502 e. The lowest BCUT2D eigenvalue weighted by Gasteiger charge is -2.29. The summed E-state index contributed by atoms with van der Waals surface area (Å²) in [7, 11) is 5.46. The number of methoxy groups -OCH3 is 4. The second kappa shape index (κ2) is 7.22. The highest BCUT2D eigenvalue weighted by molar-refractivity contribution is 6.21. The van der Waals surface area contributed by atoms with Crippen molar-refractivity contribution in [3.05, 3.63) is 34.8 Å². The molecule has 0 radical (unpaired) electrons. The van der Waals surface area contributed by atoms with Gasteiger partial charge in [0, 0.05) is 17.1 Å². The van der Waals surface area contributed by atoms with Crippen LogP contribution in [0.25, 0.3) is 0 Å². The molecule has 1 aliphatic carbocycles. The third-order valence-corrected chi connectivity index (χ3v) is 4.60. The summed E-state index contributed by atoms with van der Waals surface area (Å²) in [5, 5.41) is 10.2. The number of phenolic OH excluding ortho intramolecular Hbond substituents is 1. The van der Waals surface area contributed by atoms with Crippen LogP contribution < -0.4 is 14.2 Å². The van der Waals surface area contributed by atoms with Gasteiger partial charge < -0.3 is 28.8 Å². The Morgan fingerprint density at radius 2 is 1.74 bits per heavy atom. The maximum atomic E-state index is 12.8. The number of phenols is 1. The first-order valence-corrected chi connectivity index (χ1v) is 8.19. The molecular formula is C19H20O8. The Hall–Kier alpha value is -3.16. The Labute approximate surface area is 155 Å². The number of carbonyl (C=O) groups is 2. The minimum absolute atomic E-state index is 0.114. The second-order valence-corrected chi connectivity index (χ2v) is 6.02. The van der Waals surface area contributed by atoms with Crippen LogP contribution >= 0.6 is 0 Å². The van der Waals surface area contributed by atoms with Crippen molar-refractivity contribution in [1.29, 1.82) is 0 Å². The van der Waals surface area contributed by atoms with Gasteiger partial charge in [-0.25, -0.2) is 0 Å². The number of hydrogen-bond acceptors (Lipinski definition) is 8. The van der Waals surface area contributed by atoms with E-state index in [1.54, 1.807) is 6.07 Å². The summed E-state index contributed by atoms with van der Waals surface area (Å²) >= 11 is 0. The van der Waals surface area contributed by atoms with Gasteiger partial charge in [-0.05, 0) is 18.6 Å². The normalized spacial score (nSPS) is 19.1. The Morgan fingerprint density at radius 3 is 2.33 bits per heavy atom. The highest BCUT2D eigenvalue weighted by atomic mass is 16.5. The van der Waals surface area contributed by atoms with Crippen LogP contribution in [0.1, 0.15) is 5.56 Å². The van der Waals surface area contributed by atoms with Gasteiger partial charge in [0.25, 0.3) is 0 Å². The molecule has 0 spiro atoms. The van der Waals surface area contributed by atoms with Gasteiger partial charge in [-0.3, -0.25) is 9.59 Å². The van der Waals surface area contributed by atoms with Crippen LogP contribution in [0.15, 0.2) is 29.2 Å². The first kappa shape index (κ1) is 18.6. The molecule has 144 valence electrons. The van der Waals surface area contributed by atoms with E-state index in [2.05, 4.69) is 0 Å². The van der Waals surface area contributed by atoms with Gasteiger partial charge in [-0.2, -0.15) is 0 Å². The molecule has 0 amide bonds. The fraction of sp³-hybridized carbons (Fsp3) is 0.368. The first-order chi connectivity index (χ1) is 13.0. The molecule has 0 unspecified atom stereocenters. The molecule has 8 nitrogen and oxygen atoms in total. The highest BCUT2D eigenvalue weighted by Gasteiger charge is 2.37. The smallest absolute Gasteiger partial charge is 0.228 e. The quantitative estimate of drug-likeness (QED) is 0.773. The number of rotatable bonds is 5. The van der Waals surface area contributed by atoms with Gasteiger partial charge in [0.15, 0.2) is 11.5 Å². The number of fused-ring (bicyclic) bond motifs is 1. The van der Waals surface area contributed by atoms with E-state index in [1.165, 1.54) is 34.5 Å².